The monoisotopic (exact) mass is 402 g/mol. The van der Waals surface area contributed by atoms with Gasteiger partial charge in [0.2, 0.25) is 5.91 Å². The van der Waals surface area contributed by atoms with Gasteiger partial charge in [-0.05, 0) is 36.3 Å². The number of hydrogen-bond donors (Lipinski definition) is 1. The average Bonchev–Trinajstić information content (AvgIpc) is 2.58. The van der Waals surface area contributed by atoms with Crippen molar-refractivity contribution in [3.63, 3.8) is 0 Å². The zero-order valence-corrected chi connectivity index (χ0v) is 16.2. The van der Waals surface area contributed by atoms with E-state index < -0.39 is 11.9 Å². The van der Waals surface area contributed by atoms with Crippen molar-refractivity contribution >= 4 is 17.7 Å². The highest BCUT2D eigenvalue weighted by Gasteiger charge is 2.35. The van der Waals surface area contributed by atoms with Gasteiger partial charge in [0.05, 0.1) is 5.75 Å². The first-order chi connectivity index (χ1) is 12.5. The van der Waals surface area contributed by atoms with Crippen LogP contribution < -0.4 is 5.32 Å². The molecule has 0 radical (unpaired) electrons. The predicted octanol–water partition coefficient (Wildman–Crippen LogP) is 4.64. The first-order valence-corrected chi connectivity index (χ1v) is 8.99. The standard InChI is InChI=1S/C19H22F4N2OS/c1-5-16(13(2)10-17(25(3)4)19(21,22)23)27-12-18(26)24-11-14-6-8-15(20)9-7-14/h5-10H,2,11-12H2,1,3-4H3,(H,24,26)/b16-5-,17-10-. The summed E-state index contributed by atoms with van der Waals surface area (Å²) in [6.07, 6.45) is -1.93. The molecule has 0 heterocycles. The van der Waals surface area contributed by atoms with Crippen LogP contribution in [-0.2, 0) is 11.3 Å². The van der Waals surface area contributed by atoms with Gasteiger partial charge in [-0.1, -0.05) is 24.8 Å². The fraction of sp³-hybridized carbons (Fsp3) is 0.316. The summed E-state index contributed by atoms with van der Waals surface area (Å²) in [4.78, 5) is 13.4. The van der Waals surface area contributed by atoms with E-state index in [2.05, 4.69) is 11.9 Å². The molecule has 1 rings (SSSR count). The molecule has 0 saturated heterocycles. The summed E-state index contributed by atoms with van der Waals surface area (Å²) in [5.41, 5.74) is 0.0947. The molecule has 0 aromatic heterocycles. The van der Waals surface area contributed by atoms with Crippen molar-refractivity contribution in [2.45, 2.75) is 19.6 Å². The van der Waals surface area contributed by atoms with Crippen molar-refractivity contribution in [1.29, 1.82) is 0 Å². The van der Waals surface area contributed by atoms with Gasteiger partial charge in [0.25, 0.3) is 0 Å². The number of alkyl halides is 3. The first-order valence-electron chi connectivity index (χ1n) is 8.00. The number of nitrogens with one attached hydrogen (secondary N) is 1. The van der Waals surface area contributed by atoms with Crippen LogP contribution in [0.15, 0.2) is 59.2 Å². The Morgan fingerprint density at radius 1 is 1.26 bits per heavy atom. The third-order valence-electron chi connectivity index (χ3n) is 3.42. The molecule has 0 aliphatic carbocycles. The highest BCUT2D eigenvalue weighted by Crippen LogP contribution is 2.31. The zero-order valence-electron chi connectivity index (χ0n) is 15.4. The molecule has 1 aromatic carbocycles. The molecule has 1 amide bonds. The first kappa shape index (κ1) is 22.8. The van der Waals surface area contributed by atoms with Gasteiger partial charge in [0.1, 0.15) is 11.5 Å². The lowest BCUT2D eigenvalue weighted by Gasteiger charge is -2.20. The minimum Gasteiger partial charge on any atom is -0.374 e. The second-order valence-electron chi connectivity index (χ2n) is 5.79. The number of allylic oxidation sites excluding steroid dienone is 4. The van der Waals surface area contributed by atoms with Gasteiger partial charge in [-0.15, -0.1) is 11.8 Å². The molecule has 8 heteroatoms. The van der Waals surface area contributed by atoms with Crippen LogP contribution in [0.1, 0.15) is 12.5 Å². The fourth-order valence-electron chi connectivity index (χ4n) is 2.06. The van der Waals surface area contributed by atoms with E-state index in [1.807, 2.05) is 0 Å². The van der Waals surface area contributed by atoms with Crippen LogP contribution in [0.4, 0.5) is 17.6 Å². The van der Waals surface area contributed by atoms with Crippen molar-refractivity contribution in [2.24, 2.45) is 0 Å². The van der Waals surface area contributed by atoms with E-state index in [0.29, 0.717) is 4.91 Å². The minimum atomic E-state index is -4.50. The number of halogens is 4. The number of carbonyl (C=O) groups excluding carboxylic acids is 1. The van der Waals surface area contributed by atoms with Gasteiger partial charge in [-0.3, -0.25) is 4.79 Å². The SMILES string of the molecule is C=C(/C=C(\N(C)C)C(F)(F)F)/C(=C/C)SCC(=O)NCc1ccc(F)cc1. The maximum Gasteiger partial charge on any atom is 0.431 e. The molecular formula is C19H22F4N2OS. The smallest absolute Gasteiger partial charge is 0.374 e. The number of amides is 1. The minimum absolute atomic E-state index is 0.0248. The Morgan fingerprint density at radius 2 is 1.85 bits per heavy atom. The van der Waals surface area contributed by atoms with E-state index >= 15 is 0 Å². The topological polar surface area (TPSA) is 32.3 Å². The number of carbonyl (C=O) groups is 1. The van der Waals surface area contributed by atoms with Crippen LogP contribution in [0.2, 0.25) is 0 Å². The summed E-state index contributed by atoms with van der Waals surface area (Å²) in [6.45, 7) is 5.59. The largest absolute Gasteiger partial charge is 0.431 e. The van der Waals surface area contributed by atoms with E-state index in [4.69, 9.17) is 0 Å². The Bertz CT molecular complexity index is 722. The van der Waals surface area contributed by atoms with E-state index in [-0.39, 0.29) is 29.6 Å². The summed E-state index contributed by atoms with van der Waals surface area (Å²) < 4.78 is 51.9. The van der Waals surface area contributed by atoms with Gasteiger partial charge in [0, 0.05) is 25.5 Å². The van der Waals surface area contributed by atoms with Gasteiger partial charge < -0.3 is 10.2 Å². The molecule has 0 spiro atoms. The summed E-state index contributed by atoms with van der Waals surface area (Å²) in [7, 11) is 2.61. The van der Waals surface area contributed by atoms with Crippen molar-refractivity contribution < 1.29 is 22.4 Å². The number of nitrogens with zero attached hydrogens (tertiary/aromatic N) is 1. The third kappa shape index (κ3) is 7.90. The number of rotatable bonds is 8. The van der Waals surface area contributed by atoms with Crippen molar-refractivity contribution in [3.05, 3.63) is 70.6 Å². The Hall–Kier alpha value is -2.22. The fourth-order valence-corrected chi connectivity index (χ4v) is 2.86. The van der Waals surface area contributed by atoms with Gasteiger partial charge in [-0.2, -0.15) is 13.2 Å². The number of benzene rings is 1. The highest BCUT2D eigenvalue weighted by atomic mass is 32.2. The molecule has 0 aliphatic rings. The number of thioether (sulfide) groups is 1. The molecular weight excluding hydrogens is 380 g/mol. The highest BCUT2D eigenvalue weighted by molar-refractivity contribution is 8.03. The molecule has 0 fully saturated rings. The summed E-state index contributed by atoms with van der Waals surface area (Å²) >= 11 is 1.10. The summed E-state index contributed by atoms with van der Waals surface area (Å²) in [5.74, 6) is -0.623. The lowest BCUT2D eigenvalue weighted by Crippen LogP contribution is -2.25. The molecule has 1 N–H and O–H groups in total. The van der Waals surface area contributed by atoms with Gasteiger partial charge >= 0.3 is 6.18 Å². The zero-order chi connectivity index (χ0) is 20.6. The Kier molecular flexibility index (Phi) is 8.62. The van der Waals surface area contributed by atoms with E-state index in [1.54, 1.807) is 25.1 Å². The molecule has 27 heavy (non-hydrogen) atoms. The van der Waals surface area contributed by atoms with E-state index in [1.165, 1.54) is 26.2 Å². The summed E-state index contributed by atoms with van der Waals surface area (Å²) in [5, 5.41) is 2.68. The van der Waals surface area contributed by atoms with Crippen LogP contribution in [-0.4, -0.2) is 36.8 Å². The molecule has 148 valence electrons. The number of hydrogen-bond acceptors (Lipinski definition) is 3. The summed E-state index contributed by atoms with van der Waals surface area (Å²) in [6, 6.07) is 5.72. The Labute approximate surface area is 160 Å². The van der Waals surface area contributed by atoms with E-state index in [9.17, 15) is 22.4 Å². The Balaban J connectivity index is 2.63. The third-order valence-corrected chi connectivity index (χ3v) is 4.64. The Morgan fingerprint density at radius 3 is 2.33 bits per heavy atom. The van der Waals surface area contributed by atoms with Crippen LogP contribution in [0.25, 0.3) is 0 Å². The van der Waals surface area contributed by atoms with Crippen LogP contribution in [0.5, 0.6) is 0 Å². The normalized spacial score (nSPS) is 12.7. The lowest BCUT2D eigenvalue weighted by molar-refractivity contribution is -0.118. The molecule has 0 atom stereocenters. The van der Waals surface area contributed by atoms with E-state index in [0.717, 1.165) is 28.3 Å². The molecule has 0 aliphatic heterocycles. The van der Waals surface area contributed by atoms with Crippen LogP contribution in [0.3, 0.4) is 0 Å². The quantitative estimate of drug-likeness (QED) is 0.508. The molecule has 1 aromatic rings. The lowest BCUT2D eigenvalue weighted by atomic mass is 10.2. The maximum absolute atomic E-state index is 13.0. The van der Waals surface area contributed by atoms with Gasteiger partial charge in [0.15, 0.2) is 0 Å². The van der Waals surface area contributed by atoms with Crippen molar-refractivity contribution in [2.75, 3.05) is 19.8 Å². The van der Waals surface area contributed by atoms with Crippen LogP contribution in [0, 0.1) is 5.82 Å². The second kappa shape index (κ2) is 10.2. The predicted molar refractivity (Wildman–Crippen MR) is 101 cm³/mol. The van der Waals surface area contributed by atoms with Crippen molar-refractivity contribution in [3.8, 4) is 0 Å². The molecule has 0 saturated carbocycles. The van der Waals surface area contributed by atoms with Crippen LogP contribution >= 0.6 is 11.8 Å². The second-order valence-corrected chi connectivity index (χ2v) is 6.81. The molecule has 0 unspecified atom stereocenters. The molecule has 3 nitrogen and oxygen atoms in total. The maximum atomic E-state index is 13.0. The molecule has 0 bridgehead atoms. The average molecular weight is 402 g/mol. The van der Waals surface area contributed by atoms with Gasteiger partial charge in [-0.25, -0.2) is 4.39 Å². The van der Waals surface area contributed by atoms with Crippen molar-refractivity contribution in [1.82, 2.24) is 10.2 Å².